The number of halogens is 1. The van der Waals surface area contributed by atoms with Crippen LogP contribution in [0.3, 0.4) is 0 Å². The van der Waals surface area contributed by atoms with Crippen molar-refractivity contribution in [3.8, 4) is 0 Å². The molecule has 1 aromatic heterocycles. The lowest BCUT2D eigenvalue weighted by molar-refractivity contribution is 0.138. The topological polar surface area (TPSA) is 36.4 Å². The maximum atomic E-state index is 9.39. The smallest absolute Gasteiger partial charge is 0.0929 e. The minimum absolute atomic E-state index is 0.287. The number of hydrogen-bond acceptors (Lipinski definition) is 4. The SMILES string of the molecule is CC1CCN(CCCc2nc(CCl)cs2)C1CO. The van der Waals surface area contributed by atoms with E-state index in [0.29, 0.717) is 17.8 Å². The second-order valence-electron chi connectivity index (χ2n) is 5.02. The van der Waals surface area contributed by atoms with E-state index in [0.717, 1.165) is 31.6 Å². The molecule has 1 fully saturated rings. The number of thiazole rings is 1. The first-order valence-corrected chi connectivity index (χ1v) is 8.00. The summed E-state index contributed by atoms with van der Waals surface area (Å²) in [4.78, 5) is 6.88. The van der Waals surface area contributed by atoms with Gasteiger partial charge in [0.1, 0.15) is 0 Å². The Morgan fingerprint density at radius 2 is 2.44 bits per heavy atom. The Bertz CT molecular complexity index is 372. The van der Waals surface area contributed by atoms with Crippen LogP contribution in [0.2, 0.25) is 0 Å². The Hall–Kier alpha value is -0.160. The van der Waals surface area contributed by atoms with Crippen LogP contribution in [0.1, 0.15) is 30.5 Å². The summed E-state index contributed by atoms with van der Waals surface area (Å²) in [5.41, 5.74) is 0.986. The lowest BCUT2D eigenvalue weighted by atomic mass is 10.0. The van der Waals surface area contributed by atoms with E-state index in [9.17, 15) is 5.11 Å². The summed E-state index contributed by atoms with van der Waals surface area (Å²) in [7, 11) is 0. The van der Waals surface area contributed by atoms with Crippen LogP contribution < -0.4 is 0 Å². The second kappa shape index (κ2) is 6.85. The highest BCUT2D eigenvalue weighted by Crippen LogP contribution is 2.24. The van der Waals surface area contributed by atoms with Gasteiger partial charge in [-0.05, 0) is 31.8 Å². The van der Waals surface area contributed by atoms with Gasteiger partial charge in [-0.1, -0.05) is 6.92 Å². The Labute approximate surface area is 118 Å². The fraction of sp³-hybridized carbons (Fsp3) is 0.769. The predicted octanol–water partition coefficient (Wildman–Crippen LogP) is 2.52. The van der Waals surface area contributed by atoms with Crippen LogP contribution >= 0.6 is 22.9 Å². The summed E-state index contributed by atoms with van der Waals surface area (Å²) in [6, 6.07) is 0.361. The zero-order valence-corrected chi connectivity index (χ0v) is 12.4. The number of hydrogen-bond donors (Lipinski definition) is 1. The van der Waals surface area contributed by atoms with E-state index in [1.54, 1.807) is 11.3 Å². The third-order valence-corrected chi connectivity index (χ3v) is 4.99. The van der Waals surface area contributed by atoms with E-state index in [1.807, 2.05) is 5.38 Å². The van der Waals surface area contributed by atoms with Crippen molar-refractivity contribution in [2.45, 2.75) is 38.1 Å². The highest BCUT2D eigenvalue weighted by atomic mass is 35.5. The van der Waals surface area contributed by atoms with Crippen LogP contribution in [0.4, 0.5) is 0 Å². The van der Waals surface area contributed by atoms with Gasteiger partial charge >= 0.3 is 0 Å². The number of nitrogens with zero attached hydrogens (tertiary/aromatic N) is 2. The van der Waals surface area contributed by atoms with Gasteiger partial charge in [-0.15, -0.1) is 22.9 Å². The third kappa shape index (κ3) is 3.44. The van der Waals surface area contributed by atoms with Gasteiger partial charge in [0, 0.05) is 17.8 Å². The highest BCUT2D eigenvalue weighted by molar-refractivity contribution is 7.09. The second-order valence-corrected chi connectivity index (χ2v) is 6.23. The Morgan fingerprint density at radius 1 is 1.61 bits per heavy atom. The molecule has 1 aromatic rings. The molecule has 102 valence electrons. The minimum Gasteiger partial charge on any atom is -0.395 e. The number of likely N-dealkylation sites (tertiary alicyclic amines) is 1. The molecule has 5 heteroatoms. The van der Waals surface area contributed by atoms with Crippen molar-refractivity contribution in [1.82, 2.24) is 9.88 Å². The average Bonchev–Trinajstić information content (AvgIpc) is 2.96. The molecule has 2 unspecified atom stereocenters. The van der Waals surface area contributed by atoms with Crippen LogP contribution in [0.25, 0.3) is 0 Å². The van der Waals surface area contributed by atoms with Crippen LogP contribution in [0, 0.1) is 5.92 Å². The Balaban J connectivity index is 1.75. The number of aliphatic hydroxyl groups excluding tert-OH is 1. The van der Waals surface area contributed by atoms with Crippen molar-refractivity contribution in [3.05, 3.63) is 16.1 Å². The van der Waals surface area contributed by atoms with Crippen LogP contribution in [-0.4, -0.2) is 40.7 Å². The van der Waals surface area contributed by atoms with E-state index in [-0.39, 0.29) is 6.61 Å². The predicted molar refractivity (Wildman–Crippen MR) is 76.2 cm³/mol. The minimum atomic E-state index is 0.287. The molecule has 2 heterocycles. The Morgan fingerprint density at radius 3 is 3.11 bits per heavy atom. The molecule has 2 atom stereocenters. The molecule has 0 saturated carbocycles. The zero-order chi connectivity index (χ0) is 13.0. The largest absolute Gasteiger partial charge is 0.395 e. The van der Waals surface area contributed by atoms with Crippen molar-refractivity contribution < 1.29 is 5.11 Å². The molecule has 1 saturated heterocycles. The molecule has 0 aromatic carbocycles. The van der Waals surface area contributed by atoms with Gasteiger partial charge in [0.2, 0.25) is 0 Å². The van der Waals surface area contributed by atoms with E-state index in [4.69, 9.17) is 11.6 Å². The summed E-state index contributed by atoms with van der Waals surface area (Å²) >= 11 is 7.44. The van der Waals surface area contributed by atoms with Crippen molar-refractivity contribution in [2.24, 2.45) is 5.92 Å². The molecule has 1 N–H and O–H groups in total. The molecular formula is C13H21ClN2OS. The molecule has 2 rings (SSSR count). The maximum Gasteiger partial charge on any atom is 0.0929 e. The van der Waals surface area contributed by atoms with Crippen molar-refractivity contribution in [1.29, 1.82) is 0 Å². The van der Waals surface area contributed by atoms with Gasteiger partial charge in [-0.25, -0.2) is 4.98 Å². The van der Waals surface area contributed by atoms with E-state index in [2.05, 4.69) is 16.8 Å². The van der Waals surface area contributed by atoms with E-state index < -0.39 is 0 Å². The molecular weight excluding hydrogens is 268 g/mol. The van der Waals surface area contributed by atoms with Crippen molar-refractivity contribution in [2.75, 3.05) is 19.7 Å². The summed E-state index contributed by atoms with van der Waals surface area (Å²) in [5.74, 6) is 1.13. The van der Waals surface area contributed by atoms with Crippen molar-refractivity contribution >= 4 is 22.9 Å². The molecule has 1 aliphatic rings. The van der Waals surface area contributed by atoms with Crippen LogP contribution in [0.15, 0.2) is 5.38 Å². The van der Waals surface area contributed by atoms with Gasteiger partial charge in [0.25, 0.3) is 0 Å². The molecule has 3 nitrogen and oxygen atoms in total. The van der Waals surface area contributed by atoms with Gasteiger partial charge in [0.05, 0.1) is 23.2 Å². The highest BCUT2D eigenvalue weighted by Gasteiger charge is 2.29. The summed E-state index contributed by atoms with van der Waals surface area (Å²) < 4.78 is 0. The molecule has 0 aliphatic carbocycles. The summed E-state index contributed by atoms with van der Waals surface area (Å²) in [6.07, 6.45) is 3.34. The van der Waals surface area contributed by atoms with Crippen LogP contribution in [0.5, 0.6) is 0 Å². The van der Waals surface area contributed by atoms with Gasteiger partial charge in [-0.2, -0.15) is 0 Å². The number of aliphatic hydroxyl groups is 1. The van der Waals surface area contributed by atoms with Gasteiger partial charge in [-0.3, -0.25) is 4.90 Å². The summed E-state index contributed by atoms with van der Waals surface area (Å²) in [6.45, 7) is 4.70. The number of aromatic nitrogens is 1. The third-order valence-electron chi connectivity index (χ3n) is 3.76. The fourth-order valence-electron chi connectivity index (χ4n) is 2.62. The maximum absolute atomic E-state index is 9.39. The first-order valence-electron chi connectivity index (χ1n) is 6.58. The number of rotatable bonds is 6. The number of aryl methyl sites for hydroxylation is 1. The first-order chi connectivity index (χ1) is 8.74. The molecule has 0 spiro atoms. The first kappa shape index (κ1) is 14.3. The van der Waals surface area contributed by atoms with Gasteiger partial charge in [0.15, 0.2) is 0 Å². The average molecular weight is 289 g/mol. The zero-order valence-electron chi connectivity index (χ0n) is 10.8. The fourth-order valence-corrected chi connectivity index (χ4v) is 3.69. The quantitative estimate of drug-likeness (QED) is 0.817. The van der Waals surface area contributed by atoms with Crippen LogP contribution in [-0.2, 0) is 12.3 Å². The monoisotopic (exact) mass is 288 g/mol. The molecule has 1 aliphatic heterocycles. The van der Waals surface area contributed by atoms with Gasteiger partial charge < -0.3 is 5.11 Å². The molecule has 0 radical (unpaired) electrons. The lowest BCUT2D eigenvalue weighted by Crippen LogP contribution is -2.35. The standard InChI is InChI=1S/C13H21ClN2OS/c1-10-4-6-16(12(10)8-17)5-2-3-13-15-11(7-14)9-18-13/h9-10,12,17H,2-8H2,1H3. The van der Waals surface area contributed by atoms with Crippen molar-refractivity contribution in [3.63, 3.8) is 0 Å². The summed E-state index contributed by atoms with van der Waals surface area (Å²) in [5, 5.41) is 12.6. The molecule has 18 heavy (non-hydrogen) atoms. The molecule has 0 bridgehead atoms. The number of alkyl halides is 1. The lowest BCUT2D eigenvalue weighted by Gasteiger charge is -2.24. The normalized spacial score (nSPS) is 24.8. The molecule has 0 amide bonds. The Kier molecular flexibility index (Phi) is 5.42. The van der Waals surface area contributed by atoms with E-state index in [1.165, 1.54) is 11.4 Å². The van der Waals surface area contributed by atoms with E-state index >= 15 is 0 Å².